The molecule has 4 heteroatoms. The Bertz CT molecular complexity index is 1240. The molecule has 0 saturated heterocycles. The van der Waals surface area contributed by atoms with Gasteiger partial charge in [-0.15, -0.1) is 11.3 Å². The van der Waals surface area contributed by atoms with Gasteiger partial charge in [0.05, 0.1) is 20.8 Å². The minimum atomic E-state index is 0.0725. The van der Waals surface area contributed by atoms with Crippen LogP contribution in [0.1, 0.15) is 64.5 Å². The van der Waals surface area contributed by atoms with Gasteiger partial charge >= 0.3 is 0 Å². The highest BCUT2D eigenvalue weighted by molar-refractivity contribution is 7.21. The van der Waals surface area contributed by atoms with Gasteiger partial charge in [-0.25, -0.2) is 4.98 Å². The Labute approximate surface area is 201 Å². The van der Waals surface area contributed by atoms with Crippen LogP contribution < -0.4 is 10.2 Å². The van der Waals surface area contributed by atoms with E-state index in [1.165, 1.54) is 16.7 Å². The normalized spacial score (nSPS) is 12.4. The highest BCUT2D eigenvalue weighted by Gasteiger charge is 2.15. The van der Waals surface area contributed by atoms with Gasteiger partial charge in [0.1, 0.15) is 12.4 Å². The maximum absolute atomic E-state index is 12.2. The summed E-state index contributed by atoms with van der Waals surface area (Å²) in [5, 5.41) is 0. The van der Waals surface area contributed by atoms with Crippen LogP contribution in [0.15, 0.2) is 64.0 Å². The standard InChI is InChI=1S/C29H35NO2S/c1-19(2)9-7-10-20(3)11-8-12-21(4)15-16-32-24-13-14-25-27(18-24)33-29-23(6)26(31)17-22(5)28(29)30-25/h9,11,13-15,17-18H,7-8,10,12,16H2,1-6H3. The van der Waals surface area contributed by atoms with E-state index in [4.69, 9.17) is 9.72 Å². The van der Waals surface area contributed by atoms with Crippen molar-refractivity contribution in [1.82, 2.24) is 4.98 Å². The van der Waals surface area contributed by atoms with E-state index < -0.39 is 0 Å². The van der Waals surface area contributed by atoms with E-state index in [2.05, 4.69) is 45.9 Å². The van der Waals surface area contributed by atoms with Gasteiger partial charge in [-0.05, 0) is 103 Å². The first kappa shape index (κ1) is 24.9. The molecule has 33 heavy (non-hydrogen) atoms. The molecule has 174 valence electrons. The number of rotatable bonds is 9. The van der Waals surface area contributed by atoms with Gasteiger partial charge in [0.25, 0.3) is 0 Å². The van der Waals surface area contributed by atoms with Crippen molar-refractivity contribution < 1.29 is 4.74 Å². The molecular formula is C29H35NO2S. The molecule has 3 nitrogen and oxygen atoms in total. The first-order valence-electron chi connectivity index (χ1n) is 11.7. The number of benzene rings is 2. The molecule has 0 spiro atoms. The van der Waals surface area contributed by atoms with Gasteiger partial charge in [0, 0.05) is 5.56 Å². The van der Waals surface area contributed by atoms with Gasteiger partial charge < -0.3 is 4.74 Å². The number of nitrogens with zero attached hydrogens (tertiary/aromatic N) is 1. The van der Waals surface area contributed by atoms with Crippen LogP contribution in [0.5, 0.6) is 5.75 Å². The fourth-order valence-corrected chi connectivity index (χ4v) is 4.88. The van der Waals surface area contributed by atoms with Crippen LogP contribution in [0.3, 0.4) is 0 Å². The zero-order valence-electron chi connectivity index (χ0n) is 20.7. The molecule has 0 fully saturated rings. The minimum absolute atomic E-state index is 0.0725. The predicted molar refractivity (Wildman–Crippen MR) is 143 cm³/mol. The van der Waals surface area contributed by atoms with E-state index in [9.17, 15) is 4.79 Å². The zero-order valence-corrected chi connectivity index (χ0v) is 21.6. The number of hydrogen-bond acceptors (Lipinski definition) is 4. The SMILES string of the molecule is CC(C)=CCCC(C)=CCCC(C)=CCOc1ccc2nc3c(C)cc(=O)c(C)c-3sc2c1. The molecule has 1 aromatic rings. The summed E-state index contributed by atoms with van der Waals surface area (Å²) in [5.41, 5.74) is 7.80. The summed E-state index contributed by atoms with van der Waals surface area (Å²) in [6, 6.07) is 7.68. The van der Waals surface area contributed by atoms with E-state index in [0.29, 0.717) is 6.61 Å². The van der Waals surface area contributed by atoms with Crippen LogP contribution in [0, 0.1) is 13.8 Å². The molecule has 0 unspecified atom stereocenters. The third kappa shape index (κ3) is 6.88. The Balaban J connectivity index is 1.61. The van der Waals surface area contributed by atoms with Crippen molar-refractivity contribution in [2.24, 2.45) is 0 Å². The quantitative estimate of drug-likeness (QED) is 0.238. The Morgan fingerprint density at radius 1 is 0.970 bits per heavy atom. The van der Waals surface area contributed by atoms with Crippen LogP contribution in [-0.4, -0.2) is 11.6 Å². The van der Waals surface area contributed by atoms with Gasteiger partial charge in [-0.3, -0.25) is 4.79 Å². The number of hydrogen-bond donors (Lipinski definition) is 0. The third-order valence-corrected chi connectivity index (χ3v) is 7.08. The molecule has 2 aliphatic rings. The maximum atomic E-state index is 12.2. The smallest absolute Gasteiger partial charge is 0.183 e. The van der Waals surface area contributed by atoms with Crippen molar-refractivity contribution in [3.05, 3.63) is 80.6 Å². The van der Waals surface area contributed by atoms with E-state index in [1.54, 1.807) is 17.4 Å². The lowest BCUT2D eigenvalue weighted by molar-refractivity contribution is 0.362. The molecule has 3 rings (SSSR count). The molecule has 1 heterocycles. The fraction of sp³-hybridized carbons (Fsp3) is 0.379. The molecular weight excluding hydrogens is 426 g/mol. The molecule has 0 aromatic heterocycles. The van der Waals surface area contributed by atoms with Gasteiger partial charge in [-0.2, -0.15) is 0 Å². The summed E-state index contributed by atoms with van der Waals surface area (Å²) < 4.78 is 7.03. The second-order valence-electron chi connectivity index (χ2n) is 9.11. The Kier molecular flexibility index (Phi) is 8.62. The topological polar surface area (TPSA) is 39.2 Å². The lowest BCUT2D eigenvalue weighted by Gasteiger charge is -2.12. The summed E-state index contributed by atoms with van der Waals surface area (Å²) in [6.45, 7) is 13.1. The number of ether oxygens (including phenoxy) is 1. The number of fused-ring (bicyclic) bond motifs is 2. The van der Waals surface area contributed by atoms with Crippen molar-refractivity contribution in [2.45, 2.75) is 67.2 Å². The lowest BCUT2D eigenvalue weighted by atomic mass is 10.1. The summed E-state index contributed by atoms with van der Waals surface area (Å²) in [6.07, 6.45) is 11.2. The molecule has 1 aromatic carbocycles. The number of allylic oxidation sites excluding steroid dienone is 5. The fourth-order valence-electron chi connectivity index (χ4n) is 3.71. The van der Waals surface area contributed by atoms with Crippen LogP contribution in [-0.2, 0) is 0 Å². The third-order valence-electron chi connectivity index (χ3n) is 5.83. The highest BCUT2D eigenvalue weighted by Crippen LogP contribution is 2.35. The Morgan fingerprint density at radius 3 is 2.39 bits per heavy atom. The monoisotopic (exact) mass is 461 g/mol. The average molecular weight is 462 g/mol. The summed E-state index contributed by atoms with van der Waals surface area (Å²) in [4.78, 5) is 17.9. The Morgan fingerprint density at radius 2 is 1.67 bits per heavy atom. The zero-order chi connectivity index (χ0) is 24.0. The van der Waals surface area contributed by atoms with Crippen LogP contribution in [0.4, 0.5) is 0 Å². The summed E-state index contributed by atoms with van der Waals surface area (Å²) in [7, 11) is 0. The second kappa shape index (κ2) is 11.4. The number of aryl methyl sites for hydroxylation is 1. The minimum Gasteiger partial charge on any atom is -0.489 e. The molecule has 0 atom stereocenters. The van der Waals surface area contributed by atoms with E-state index in [1.807, 2.05) is 32.0 Å². The highest BCUT2D eigenvalue weighted by atomic mass is 32.1. The van der Waals surface area contributed by atoms with Crippen LogP contribution >= 0.6 is 11.3 Å². The van der Waals surface area contributed by atoms with Crippen LogP contribution in [0.2, 0.25) is 0 Å². The van der Waals surface area contributed by atoms with Crippen molar-refractivity contribution in [1.29, 1.82) is 0 Å². The van der Waals surface area contributed by atoms with Crippen molar-refractivity contribution in [3.8, 4) is 16.3 Å². The van der Waals surface area contributed by atoms with Crippen molar-refractivity contribution in [2.75, 3.05) is 6.61 Å². The van der Waals surface area contributed by atoms with Gasteiger partial charge in [-0.1, -0.05) is 28.9 Å². The summed E-state index contributed by atoms with van der Waals surface area (Å²) in [5.74, 6) is 0.826. The average Bonchev–Trinajstić information content (AvgIpc) is 2.76. The largest absolute Gasteiger partial charge is 0.489 e. The maximum Gasteiger partial charge on any atom is 0.183 e. The molecule has 0 saturated carbocycles. The predicted octanol–water partition coefficient (Wildman–Crippen LogP) is 8.18. The molecule has 1 aliphatic heterocycles. The van der Waals surface area contributed by atoms with Crippen molar-refractivity contribution in [3.63, 3.8) is 0 Å². The van der Waals surface area contributed by atoms with E-state index in [0.717, 1.165) is 63.3 Å². The van der Waals surface area contributed by atoms with Gasteiger partial charge in [0.15, 0.2) is 5.43 Å². The van der Waals surface area contributed by atoms with Crippen molar-refractivity contribution >= 4 is 21.6 Å². The molecule has 0 bridgehead atoms. The first-order chi connectivity index (χ1) is 15.7. The molecule has 0 radical (unpaired) electrons. The molecule has 0 amide bonds. The van der Waals surface area contributed by atoms with E-state index in [-0.39, 0.29) is 5.43 Å². The molecule has 1 aliphatic carbocycles. The number of aromatic nitrogens is 1. The second-order valence-corrected chi connectivity index (χ2v) is 10.2. The Hall–Kier alpha value is -2.72. The molecule has 0 N–H and O–H groups in total. The van der Waals surface area contributed by atoms with Crippen LogP contribution in [0.25, 0.3) is 20.8 Å². The summed E-state index contributed by atoms with van der Waals surface area (Å²) >= 11 is 1.61. The van der Waals surface area contributed by atoms with E-state index >= 15 is 0 Å². The van der Waals surface area contributed by atoms with Gasteiger partial charge in [0.2, 0.25) is 0 Å². The lowest BCUT2D eigenvalue weighted by Crippen LogP contribution is -2.08. The first-order valence-corrected chi connectivity index (χ1v) is 12.5.